The lowest BCUT2D eigenvalue weighted by molar-refractivity contribution is 0.736. The van der Waals surface area contributed by atoms with Crippen molar-refractivity contribution in [3.05, 3.63) is 30.0 Å². The number of aromatic nitrogens is 6. The lowest BCUT2D eigenvalue weighted by Crippen LogP contribution is -2.18. The van der Waals surface area contributed by atoms with Crippen LogP contribution in [-0.2, 0) is 20.6 Å². The summed E-state index contributed by atoms with van der Waals surface area (Å²) >= 11 is 0. The fourth-order valence-electron chi connectivity index (χ4n) is 2.28. The van der Waals surface area contributed by atoms with Crippen molar-refractivity contribution in [1.29, 1.82) is 0 Å². The summed E-state index contributed by atoms with van der Waals surface area (Å²) in [7, 11) is 5.84. The minimum Gasteiger partial charge on any atom is -0.355 e. The van der Waals surface area contributed by atoms with E-state index in [-0.39, 0.29) is 0 Å². The van der Waals surface area contributed by atoms with Crippen molar-refractivity contribution in [1.82, 2.24) is 29.5 Å². The summed E-state index contributed by atoms with van der Waals surface area (Å²) in [5.41, 5.74) is 3.18. The van der Waals surface area contributed by atoms with Gasteiger partial charge in [-0.25, -0.2) is 9.97 Å². The van der Waals surface area contributed by atoms with Gasteiger partial charge in [-0.15, -0.1) is 0 Å². The van der Waals surface area contributed by atoms with Crippen LogP contribution in [0, 0.1) is 6.92 Å². The van der Waals surface area contributed by atoms with Crippen molar-refractivity contribution in [2.45, 2.75) is 13.5 Å². The van der Waals surface area contributed by atoms with Gasteiger partial charge in [0.1, 0.15) is 12.1 Å². The van der Waals surface area contributed by atoms with E-state index in [1.807, 2.05) is 32.0 Å². The first-order valence-electron chi connectivity index (χ1n) is 6.39. The van der Waals surface area contributed by atoms with Crippen LogP contribution in [0.1, 0.15) is 11.3 Å². The lowest BCUT2D eigenvalue weighted by atomic mass is 10.2. The van der Waals surface area contributed by atoms with Crippen molar-refractivity contribution >= 4 is 16.9 Å². The van der Waals surface area contributed by atoms with Crippen LogP contribution in [0.15, 0.2) is 18.7 Å². The van der Waals surface area contributed by atoms with Gasteiger partial charge >= 0.3 is 0 Å². The molecule has 0 atom stereocenters. The van der Waals surface area contributed by atoms with Gasteiger partial charge in [0.2, 0.25) is 0 Å². The first kappa shape index (κ1) is 12.6. The standard InChI is InChI=1S/C13H17N7/c1-9-10(5-16-19(9)3)7-18(2)12-11-6-17-20(4)13(11)15-8-14-12/h5-6,8H,7H2,1-4H3. The van der Waals surface area contributed by atoms with Crippen molar-refractivity contribution < 1.29 is 0 Å². The van der Waals surface area contributed by atoms with Crippen LogP contribution in [0.4, 0.5) is 5.82 Å². The smallest absolute Gasteiger partial charge is 0.163 e. The summed E-state index contributed by atoms with van der Waals surface area (Å²) in [6.45, 7) is 2.82. The zero-order valence-corrected chi connectivity index (χ0v) is 12.1. The molecular weight excluding hydrogens is 254 g/mol. The molecule has 0 amide bonds. The molecule has 3 aromatic heterocycles. The van der Waals surface area contributed by atoms with Gasteiger partial charge in [-0.2, -0.15) is 10.2 Å². The maximum Gasteiger partial charge on any atom is 0.163 e. The lowest BCUT2D eigenvalue weighted by Gasteiger charge is -2.18. The molecule has 3 aromatic rings. The van der Waals surface area contributed by atoms with E-state index >= 15 is 0 Å². The van der Waals surface area contributed by atoms with Gasteiger partial charge in [0.05, 0.1) is 17.8 Å². The second-order valence-electron chi connectivity index (χ2n) is 4.94. The van der Waals surface area contributed by atoms with Crippen molar-refractivity contribution in [2.24, 2.45) is 14.1 Å². The molecule has 3 heterocycles. The van der Waals surface area contributed by atoms with Crippen molar-refractivity contribution in [3.8, 4) is 0 Å². The first-order chi connectivity index (χ1) is 9.58. The minimum absolute atomic E-state index is 0.751. The third-order valence-corrected chi connectivity index (χ3v) is 3.61. The van der Waals surface area contributed by atoms with Crippen LogP contribution in [0.3, 0.4) is 0 Å². The van der Waals surface area contributed by atoms with E-state index in [9.17, 15) is 0 Å². The van der Waals surface area contributed by atoms with E-state index in [1.165, 1.54) is 5.56 Å². The highest BCUT2D eigenvalue weighted by atomic mass is 15.3. The second-order valence-corrected chi connectivity index (χ2v) is 4.94. The monoisotopic (exact) mass is 271 g/mol. The molecule has 0 bridgehead atoms. The Balaban J connectivity index is 1.96. The molecule has 0 aliphatic carbocycles. The Morgan fingerprint density at radius 1 is 1.10 bits per heavy atom. The van der Waals surface area contributed by atoms with Gasteiger partial charge in [0.15, 0.2) is 5.65 Å². The highest BCUT2D eigenvalue weighted by molar-refractivity contribution is 5.86. The van der Waals surface area contributed by atoms with E-state index in [2.05, 4.69) is 32.0 Å². The summed E-state index contributed by atoms with van der Waals surface area (Å²) in [4.78, 5) is 10.7. The Bertz CT molecular complexity index is 755. The molecular formula is C13H17N7. The zero-order chi connectivity index (χ0) is 14.3. The van der Waals surface area contributed by atoms with Crippen LogP contribution in [0.5, 0.6) is 0 Å². The number of hydrogen-bond donors (Lipinski definition) is 0. The van der Waals surface area contributed by atoms with Gasteiger partial charge in [-0.3, -0.25) is 9.36 Å². The van der Waals surface area contributed by atoms with Crippen LogP contribution in [0.25, 0.3) is 11.0 Å². The van der Waals surface area contributed by atoms with E-state index in [0.717, 1.165) is 29.1 Å². The molecule has 0 N–H and O–H groups in total. The quantitative estimate of drug-likeness (QED) is 0.712. The van der Waals surface area contributed by atoms with E-state index < -0.39 is 0 Å². The Labute approximate surface area is 116 Å². The van der Waals surface area contributed by atoms with Crippen molar-refractivity contribution in [3.63, 3.8) is 0 Å². The van der Waals surface area contributed by atoms with Crippen LogP contribution in [-0.4, -0.2) is 36.6 Å². The normalized spacial score (nSPS) is 11.2. The van der Waals surface area contributed by atoms with E-state index in [1.54, 1.807) is 17.2 Å². The molecule has 0 radical (unpaired) electrons. The third-order valence-electron chi connectivity index (χ3n) is 3.61. The van der Waals surface area contributed by atoms with Gasteiger partial charge in [-0.1, -0.05) is 0 Å². The number of aryl methyl sites for hydroxylation is 2. The van der Waals surface area contributed by atoms with E-state index in [0.29, 0.717) is 0 Å². The molecule has 0 spiro atoms. The Kier molecular flexibility index (Phi) is 2.89. The topological polar surface area (TPSA) is 64.7 Å². The van der Waals surface area contributed by atoms with Gasteiger partial charge < -0.3 is 4.90 Å². The molecule has 0 aliphatic rings. The number of hydrogen-bond acceptors (Lipinski definition) is 5. The number of anilines is 1. The molecule has 0 aromatic carbocycles. The highest BCUT2D eigenvalue weighted by Crippen LogP contribution is 2.22. The summed E-state index contributed by atoms with van der Waals surface area (Å²) in [6.07, 6.45) is 5.27. The Morgan fingerprint density at radius 3 is 2.55 bits per heavy atom. The molecule has 7 heteroatoms. The summed E-state index contributed by atoms with van der Waals surface area (Å²) < 4.78 is 3.63. The van der Waals surface area contributed by atoms with Gasteiger partial charge in [0, 0.05) is 38.9 Å². The molecule has 0 unspecified atom stereocenters. The average Bonchev–Trinajstić information content (AvgIpc) is 2.97. The number of nitrogens with zero attached hydrogens (tertiary/aromatic N) is 7. The molecule has 104 valence electrons. The largest absolute Gasteiger partial charge is 0.355 e. The van der Waals surface area contributed by atoms with Gasteiger partial charge in [0.25, 0.3) is 0 Å². The maximum absolute atomic E-state index is 4.39. The predicted molar refractivity (Wildman–Crippen MR) is 76.4 cm³/mol. The fraction of sp³-hybridized carbons (Fsp3) is 0.385. The molecule has 0 saturated carbocycles. The van der Waals surface area contributed by atoms with Gasteiger partial charge in [-0.05, 0) is 6.92 Å². The molecule has 3 rings (SSSR count). The molecule has 20 heavy (non-hydrogen) atoms. The van der Waals surface area contributed by atoms with Crippen molar-refractivity contribution in [2.75, 3.05) is 11.9 Å². The van der Waals surface area contributed by atoms with Crippen LogP contribution in [0.2, 0.25) is 0 Å². The second kappa shape index (κ2) is 4.59. The summed E-state index contributed by atoms with van der Waals surface area (Å²) in [6, 6.07) is 0. The Hall–Kier alpha value is -2.44. The highest BCUT2D eigenvalue weighted by Gasteiger charge is 2.13. The first-order valence-corrected chi connectivity index (χ1v) is 6.39. The Morgan fingerprint density at radius 2 is 1.85 bits per heavy atom. The van der Waals surface area contributed by atoms with E-state index in [4.69, 9.17) is 0 Å². The molecule has 0 saturated heterocycles. The molecule has 0 aliphatic heterocycles. The predicted octanol–water partition coefficient (Wildman–Crippen LogP) is 1.04. The maximum atomic E-state index is 4.39. The minimum atomic E-state index is 0.751. The SMILES string of the molecule is Cc1c(CN(C)c2ncnc3c2cnn3C)cnn1C. The average molecular weight is 271 g/mol. The van der Waals surface area contributed by atoms with Crippen LogP contribution >= 0.6 is 0 Å². The summed E-state index contributed by atoms with van der Waals surface area (Å²) in [5.74, 6) is 0.881. The molecule has 0 fully saturated rings. The molecule has 7 nitrogen and oxygen atoms in total. The zero-order valence-electron chi connectivity index (χ0n) is 12.1. The number of rotatable bonds is 3. The van der Waals surface area contributed by atoms with Crippen LogP contribution < -0.4 is 4.90 Å². The number of fused-ring (bicyclic) bond motifs is 1. The fourth-order valence-corrected chi connectivity index (χ4v) is 2.28. The summed E-state index contributed by atoms with van der Waals surface area (Å²) in [5, 5.41) is 9.47. The third kappa shape index (κ3) is 1.91.